The van der Waals surface area contributed by atoms with Crippen molar-refractivity contribution in [3.05, 3.63) is 47.0 Å². The molecule has 2 aliphatic heterocycles. The van der Waals surface area contributed by atoms with Crippen LogP contribution in [0.5, 0.6) is 11.6 Å². The van der Waals surface area contributed by atoms with E-state index in [1.54, 1.807) is 16.7 Å². The number of aliphatic hydroxyl groups is 1. The molecule has 1 N–H and O–H groups in total. The van der Waals surface area contributed by atoms with Crippen molar-refractivity contribution in [2.75, 3.05) is 6.61 Å². The third kappa shape index (κ3) is 5.40. The third-order valence-corrected chi connectivity index (χ3v) is 18.8. The fraction of sp³-hybridized carbons (Fsp3) is 0.607. The number of fused-ring (bicyclic) bond motifs is 2. The number of para-hydroxylation sites is 2. The summed E-state index contributed by atoms with van der Waals surface area (Å²) in [4.78, 5) is 24.0. The molecule has 0 bridgehead atoms. The van der Waals surface area contributed by atoms with Gasteiger partial charge in [0.05, 0.1) is 17.9 Å². The van der Waals surface area contributed by atoms with Crippen LogP contribution < -0.4 is 4.74 Å². The van der Waals surface area contributed by atoms with Crippen molar-refractivity contribution in [1.82, 2.24) is 19.5 Å². The minimum Gasteiger partial charge on any atom is -0.430 e. The average molecular weight is 632 g/mol. The van der Waals surface area contributed by atoms with Crippen LogP contribution in [0.25, 0.3) is 11.2 Å². The van der Waals surface area contributed by atoms with Gasteiger partial charge in [0.1, 0.15) is 24.6 Å². The summed E-state index contributed by atoms with van der Waals surface area (Å²) < 4.78 is 35.0. The van der Waals surface area contributed by atoms with E-state index < -0.39 is 46.6 Å². The van der Waals surface area contributed by atoms with E-state index in [9.17, 15) is 15.2 Å². The molecule has 15 heteroatoms. The van der Waals surface area contributed by atoms with Gasteiger partial charge in [0.2, 0.25) is 5.75 Å². The van der Waals surface area contributed by atoms with Crippen molar-refractivity contribution >= 4 is 34.0 Å². The molecule has 1 aromatic carbocycles. The Balaban J connectivity index is 1.52. The van der Waals surface area contributed by atoms with Crippen LogP contribution in [0.15, 0.2) is 36.9 Å². The zero-order valence-corrected chi connectivity index (χ0v) is 27.8. The molecule has 4 heterocycles. The summed E-state index contributed by atoms with van der Waals surface area (Å²) in [7, 11) is -5.75. The Hall–Kier alpha value is -2.80. The van der Waals surface area contributed by atoms with Crippen molar-refractivity contribution in [2.24, 2.45) is 0 Å². The van der Waals surface area contributed by atoms with E-state index in [0.29, 0.717) is 5.65 Å². The lowest BCUT2D eigenvalue weighted by Crippen LogP contribution is -2.65. The minimum atomic E-state index is -2.97. The first-order chi connectivity index (χ1) is 20.3. The number of ether oxygens (including phenoxy) is 2. The molecule has 0 saturated carbocycles. The van der Waals surface area contributed by atoms with Crippen molar-refractivity contribution in [1.29, 1.82) is 0 Å². The number of aromatic nitrogens is 4. The first-order valence-corrected chi connectivity index (χ1v) is 18.7. The number of nitrogens with zero attached hydrogens (tertiary/aromatic N) is 5. The summed E-state index contributed by atoms with van der Waals surface area (Å²) in [5, 5.41) is 23.3. The Morgan fingerprint density at radius 1 is 1.00 bits per heavy atom. The predicted octanol–water partition coefficient (Wildman–Crippen LogP) is 5.74. The maximum atomic E-state index is 11.8. The van der Waals surface area contributed by atoms with Crippen LogP contribution in [0.1, 0.15) is 61.6 Å². The fourth-order valence-electron chi connectivity index (χ4n) is 6.26. The summed E-state index contributed by atoms with van der Waals surface area (Å²) in [5.41, 5.74) is 0.927. The number of hydrogen-bond donors (Lipinski definition) is 1. The van der Waals surface area contributed by atoms with Gasteiger partial charge in [-0.05, 0) is 28.2 Å². The molecule has 5 rings (SSSR count). The molecular formula is C28H41N5O8Si2. The van der Waals surface area contributed by atoms with Crippen molar-refractivity contribution in [3.63, 3.8) is 0 Å². The highest BCUT2D eigenvalue weighted by molar-refractivity contribution is 6.84. The van der Waals surface area contributed by atoms with Crippen molar-refractivity contribution in [3.8, 4) is 11.6 Å². The summed E-state index contributed by atoms with van der Waals surface area (Å²) in [6.07, 6.45) is -0.457. The van der Waals surface area contributed by atoms with Gasteiger partial charge in [0.15, 0.2) is 17.4 Å². The molecule has 0 radical (unpaired) electrons. The number of nitro groups is 1. The van der Waals surface area contributed by atoms with Gasteiger partial charge in [-0.25, -0.2) is 9.97 Å². The molecule has 3 aromatic rings. The highest BCUT2D eigenvalue weighted by Gasteiger charge is 2.61. The second kappa shape index (κ2) is 11.9. The molecule has 2 aliphatic rings. The lowest BCUT2D eigenvalue weighted by molar-refractivity contribution is -0.385. The zero-order valence-electron chi connectivity index (χ0n) is 25.8. The first-order valence-electron chi connectivity index (χ1n) is 14.8. The molecule has 0 aliphatic carbocycles. The highest BCUT2D eigenvalue weighted by Crippen LogP contribution is 2.48. The molecule has 13 nitrogen and oxygen atoms in total. The molecule has 2 saturated heterocycles. The Kier molecular flexibility index (Phi) is 8.79. The minimum absolute atomic E-state index is 0.0230. The van der Waals surface area contributed by atoms with E-state index in [4.69, 9.17) is 22.4 Å². The standard InChI is InChI=1S/C28H41N5O8Si2/c1-16(2)42(17(3)4)37-13-22-25(40-43(41-42,18(5)6)19(7)8)24(34)28(39-22)32-15-31-23-26(32)29-14-30-27(23)38-21-12-10-9-11-20(21)33(35)36/h9-12,14-19,22,24-25,28,34H,13H2,1-8H3/t22-,24-,25-,28-/m1/s1. The molecule has 0 spiro atoms. The number of aliphatic hydroxyl groups excluding tert-OH is 1. The molecule has 2 aromatic heterocycles. The number of rotatable bonds is 8. The van der Waals surface area contributed by atoms with Gasteiger partial charge in [0, 0.05) is 6.07 Å². The van der Waals surface area contributed by atoms with Gasteiger partial charge in [-0.3, -0.25) is 14.7 Å². The van der Waals surface area contributed by atoms with Crippen LogP contribution in [0.2, 0.25) is 22.2 Å². The Morgan fingerprint density at radius 2 is 1.65 bits per heavy atom. The van der Waals surface area contributed by atoms with Crippen LogP contribution in [-0.2, 0) is 17.7 Å². The summed E-state index contributed by atoms with van der Waals surface area (Å²) in [6, 6.07) is 6.02. The molecular weight excluding hydrogens is 591 g/mol. The number of nitro benzene ring substituents is 1. The first kappa shape index (κ1) is 31.6. The summed E-state index contributed by atoms with van der Waals surface area (Å²) in [5.74, 6) is 0.0649. The topological polar surface area (TPSA) is 153 Å². The van der Waals surface area contributed by atoms with E-state index >= 15 is 0 Å². The molecule has 2 fully saturated rings. The van der Waals surface area contributed by atoms with Crippen LogP contribution >= 0.6 is 0 Å². The smallest absolute Gasteiger partial charge is 0.335 e. The Bertz CT molecular complexity index is 1450. The number of hydrogen-bond acceptors (Lipinski definition) is 11. The van der Waals surface area contributed by atoms with Crippen molar-refractivity contribution < 1.29 is 32.5 Å². The predicted molar refractivity (Wildman–Crippen MR) is 162 cm³/mol. The third-order valence-electron chi connectivity index (χ3n) is 8.51. The maximum Gasteiger partial charge on any atom is 0.335 e. The highest BCUT2D eigenvalue weighted by atomic mass is 28.5. The number of benzene rings is 1. The van der Waals surface area contributed by atoms with E-state index in [1.165, 1.54) is 24.8 Å². The monoisotopic (exact) mass is 631 g/mol. The van der Waals surface area contributed by atoms with Crippen molar-refractivity contribution in [2.45, 2.75) is 102 Å². The maximum absolute atomic E-state index is 11.8. The quantitative estimate of drug-likeness (QED) is 0.184. The largest absolute Gasteiger partial charge is 0.430 e. The Morgan fingerprint density at radius 3 is 2.28 bits per heavy atom. The molecule has 234 valence electrons. The van der Waals surface area contributed by atoms with Crippen LogP contribution in [0.4, 0.5) is 5.69 Å². The van der Waals surface area contributed by atoms with Gasteiger partial charge >= 0.3 is 22.8 Å². The lowest BCUT2D eigenvalue weighted by Gasteiger charge is -2.51. The lowest BCUT2D eigenvalue weighted by atomic mass is 10.1. The van der Waals surface area contributed by atoms with Gasteiger partial charge in [-0.1, -0.05) is 67.5 Å². The second-order valence-corrected chi connectivity index (χ2v) is 21.3. The average Bonchev–Trinajstić information content (AvgIpc) is 3.49. The van der Waals surface area contributed by atoms with Gasteiger partial charge in [-0.2, -0.15) is 4.98 Å². The fourth-order valence-corrected chi connectivity index (χ4v) is 17.5. The van der Waals surface area contributed by atoms with Gasteiger partial charge in [-0.15, -0.1) is 0 Å². The van der Waals surface area contributed by atoms with Crippen LogP contribution in [-0.4, -0.2) is 71.6 Å². The van der Waals surface area contributed by atoms with E-state index in [2.05, 4.69) is 70.3 Å². The molecule has 4 atom stereocenters. The van der Waals surface area contributed by atoms with E-state index in [-0.39, 0.29) is 51.6 Å². The summed E-state index contributed by atoms with van der Waals surface area (Å²) in [6.45, 7) is 17.3. The van der Waals surface area contributed by atoms with Crippen LogP contribution in [0.3, 0.4) is 0 Å². The molecule has 43 heavy (non-hydrogen) atoms. The second-order valence-electron chi connectivity index (χ2n) is 12.4. The Labute approximate surface area is 253 Å². The molecule has 0 amide bonds. The van der Waals surface area contributed by atoms with Gasteiger partial charge < -0.3 is 27.5 Å². The SMILES string of the molecule is CC(C)[Si]1(C(C)C)OC[C@H]2O[C@@H](n3cnc4c(Oc5ccccc5[N+](=O)[O-])ncnc43)[C@H](O)[C@@H]2O[Si](C(C)C)(C(C)C)O1. The van der Waals surface area contributed by atoms with Gasteiger partial charge in [0.25, 0.3) is 5.88 Å². The zero-order chi connectivity index (χ0) is 31.3. The normalized spacial score (nSPS) is 25.3. The van der Waals surface area contributed by atoms with E-state index in [0.717, 1.165) is 0 Å². The summed E-state index contributed by atoms with van der Waals surface area (Å²) >= 11 is 0. The molecule has 0 unspecified atom stereocenters. The van der Waals surface area contributed by atoms with Crippen LogP contribution in [0, 0.1) is 10.1 Å². The van der Waals surface area contributed by atoms with E-state index in [1.807, 2.05) is 0 Å². The number of imidazole rings is 1.